The maximum Gasteiger partial charge on any atom is 0.246 e. The van der Waals surface area contributed by atoms with Crippen LogP contribution in [0.2, 0.25) is 0 Å². The third kappa shape index (κ3) is 3.82. The maximum atomic E-state index is 12.9. The van der Waals surface area contributed by atoms with Gasteiger partial charge in [-0.3, -0.25) is 14.4 Å². The van der Waals surface area contributed by atoms with Gasteiger partial charge in [0.1, 0.15) is 11.1 Å². The Balaban J connectivity index is 1.71. The van der Waals surface area contributed by atoms with Crippen molar-refractivity contribution in [1.82, 2.24) is 16.0 Å². The van der Waals surface area contributed by atoms with Crippen LogP contribution in [0.25, 0.3) is 0 Å². The standard InChI is InChI=1S/C18H24N4O3/c19-15(24)17(6-7-17)22-16(25)18(8-10-20-11-9-18)21-14(23)12-13-4-2-1-3-5-13/h1-5,20H,6-12H2,(H2,19,24)(H,21,23)(H,22,25). The summed E-state index contributed by atoms with van der Waals surface area (Å²) in [6, 6.07) is 9.39. The lowest BCUT2D eigenvalue weighted by Crippen LogP contribution is -2.65. The summed E-state index contributed by atoms with van der Waals surface area (Å²) < 4.78 is 0. The first-order valence-electron chi connectivity index (χ1n) is 8.64. The number of carbonyl (C=O) groups is 3. The van der Waals surface area contributed by atoms with E-state index < -0.39 is 17.0 Å². The molecule has 2 fully saturated rings. The molecule has 1 aromatic rings. The van der Waals surface area contributed by atoms with Gasteiger partial charge >= 0.3 is 0 Å². The van der Waals surface area contributed by atoms with Crippen LogP contribution in [-0.2, 0) is 20.8 Å². The summed E-state index contributed by atoms with van der Waals surface area (Å²) >= 11 is 0. The Hall–Kier alpha value is -2.41. The number of rotatable bonds is 6. The molecule has 1 heterocycles. The second-order valence-electron chi connectivity index (χ2n) is 6.94. The topological polar surface area (TPSA) is 113 Å². The first kappa shape index (κ1) is 17.4. The molecule has 25 heavy (non-hydrogen) atoms. The number of amides is 3. The molecule has 1 aromatic carbocycles. The van der Waals surface area contributed by atoms with E-state index in [9.17, 15) is 14.4 Å². The first-order chi connectivity index (χ1) is 12.0. The Labute approximate surface area is 146 Å². The Bertz CT molecular complexity index is 664. The molecule has 2 aliphatic rings. The summed E-state index contributed by atoms with van der Waals surface area (Å²) in [6.07, 6.45) is 2.29. The molecule has 1 aliphatic carbocycles. The number of benzene rings is 1. The second kappa shape index (κ2) is 6.84. The lowest BCUT2D eigenvalue weighted by molar-refractivity contribution is -0.137. The molecule has 0 radical (unpaired) electrons. The van der Waals surface area contributed by atoms with Crippen LogP contribution in [-0.4, -0.2) is 41.9 Å². The highest BCUT2D eigenvalue weighted by Gasteiger charge is 2.53. The number of primary amides is 1. The molecule has 0 aromatic heterocycles. The minimum absolute atomic E-state index is 0.202. The Morgan fingerprint density at radius 3 is 2.16 bits per heavy atom. The van der Waals surface area contributed by atoms with E-state index in [1.165, 1.54) is 0 Å². The van der Waals surface area contributed by atoms with Gasteiger partial charge < -0.3 is 21.7 Å². The van der Waals surface area contributed by atoms with E-state index in [1.54, 1.807) is 0 Å². The zero-order valence-electron chi connectivity index (χ0n) is 14.1. The predicted octanol–water partition coefficient (Wildman–Crippen LogP) is -0.398. The normalized spacial score (nSPS) is 20.3. The summed E-state index contributed by atoms with van der Waals surface area (Å²) in [6.45, 7) is 1.26. The van der Waals surface area contributed by atoms with Crippen molar-refractivity contribution < 1.29 is 14.4 Å². The van der Waals surface area contributed by atoms with Crippen molar-refractivity contribution in [3.8, 4) is 0 Å². The van der Waals surface area contributed by atoms with E-state index in [-0.39, 0.29) is 18.2 Å². The summed E-state index contributed by atoms with van der Waals surface area (Å²) in [5, 5.41) is 8.91. The highest BCUT2D eigenvalue weighted by atomic mass is 16.2. The lowest BCUT2D eigenvalue weighted by Gasteiger charge is -2.38. The van der Waals surface area contributed by atoms with Crippen LogP contribution in [0.1, 0.15) is 31.2 Å². The van der Waals surface area contributed by atoms with Gasteiger partial charge in [0.25, 0.3) is 0 Å². The number of nitrogens with two attached hydrogens (primary N) is 1. The molecule has 0 spiro atoms. The van der Waals surface area contributed by atoms with Gasteiger partial charge in [-0.2, -0.15) is 0 Å². The van der Waals surface area contributed by atoms with Gasteiger partial charge in [-0.1, -0.05) is 30.3 Å². The molecule has 1 saturated carbocycles. The van der Waals surface area contributed by atoms with Crippen molar-refractivity contribution in [2.75, 3.05) is 13.1 Å². The smallest absolute Gasteiger partial charge is 0.246 e. The number of hydrogen-bond acceptors (Lipinski definition) is 4. The van der Waals surface area contributed by atoms with E-state index in [1.807, 2.05) is 30.3 Å². The van der Waals surface area contributed by atoms with Crippen molar-refractivity contribution >= 4 is 17.7 Å². The first-order valence-corrected chi connectivity index (χ1v) is 8.64. The van der Waals surface area contributed by atoms with Crippen LogP contribution in [0.5, 0.6) is 0 Å². The van der Waals surface area contributed by atoms with E-state index in [0.29, 0.717) is 38.8 Å². The molecule has 3 rings (SSSR count). The molecule has 3 amide bonds. The van der Waals surface area contributed by atoms with Crippen molar-refractivity contribution in [3.63, 3.8) is 0 Å². The second-order valence-corrected chi connectivity index (χ2v) is 6.94. The zero-order valence-corrected chi connectivity index (χ0v) is 14.1. The Morgan fingerprint density at radius 2 is 1.60 bits per heavy atom. The molecule has 5 N–H and O–H groups in total. The van der Waals surface area contributed by atoms with Gasteiger partial charge in [0, 0.05) is 0 Å². The van der Waals surface area contributed by atoms with Crippen LogP contribution in [0.3, 0.4) is 0 Å². The minimum Gasteiger partial charge on any atom is -0.368 e. The van der Waals surface area contributed by atoms with Crippen LogP contribution in [0.4, 0.5) is 0 Å². The predicted molar refractivity (Wildman–Crippen MR) is 92.4 cm³/mol. The molecule has 0 unspecified atom stereocenters. The molecule has 134 valence electrons. The number of carbonyl (C=O) groups excluding carboxylic acids is 3. The lowest BCUT2D eigenvalue weighted by atomic mass is 9.86. The summed E-state index contributed by atoms with van der Waals surface area (Å²) in [5.74, 6) is -1.03. The monoisotopic (exact) mass is 344 g/mol. The van der Waals surface area contributed by atoms with Crippen molar-refractivity contribution in [3.05, 3.63) is 35.9 Å². The Morgan fingerprint density at radius 1 is 0.960 bits per heavy atom. The molecule has 7 heteroatoms. The molecule has 0 bridgehead atoms. The third-order valence-electron chi connectivity index (χ3n) is 5.05. The van der Waals surface area contributed by atoms with E-state index in [2.05, 4.69) is 16.0 Å². The number of nitrogens with one attached hydrogen (secondary N) is 3. The molecule has 1 aliphatic heterocycles. The molecular weight excluding hydrogens is 320 g/mol. The van der Waals surface area contributed by atoms with Gasteiger partial charge in [-0.05, 0) is 44.3 Å². The van der Waals surface area contributed by atoms with E-state index in [0.717, 1.165) is 5.56 Å². The van der Waals surface area contributed by atoms with Gasteiger partial charge in [0.05, 0.1) is 6.42 Å². The Kier molecular flexibility index (Phi) is 4.76. The van der Waals surface area contributed by atoms with Gasteiger partial charge in [0.15, 0.2) is 0 Å². The summed E-state index contributed by atoms with van der Waals surface area (Å²) in [7, 11) is 0. The fourth-order valence-corrected chi connectivity index (χ4v) is 3.25. The maximum absolute atomic E-state index is 12.9. The fourth-order valence-electron chi connectivity index (χ4n) is 3.25. The van der Waals surface area contributed by atoms with E-state index >= 15 is 0 Å². The van der Waals surface area contributed by atoms with E-state index in [4.69, 9.17) is 5.73 Å². The van der Waals surface area contributed by atoms with Crippen molar-refractivity contribution in [2.45, 2.75) is 43.2 Å². The molecule has 1 saturated heterocycles. The fraction of sp³-hybridized carbons (Fsp3) is 0.500. The molecule has 0 atom stereocenters. The summed E-state index contributed by atoms with van der Waals surface area (Å²) in [5.41, 5.74) is 4.36. The average Bonchev–Trinajstić information content (AvgIpc) is 3.37. The van der Waals surface area contributed by atoms with Gasteiger partial charge in [0.2, 0.25) is 17.7 Å². The number of hydrogen-bond donors (Lipinski definition) is 4. The van der Waals surface area contributed by atoms with Crippen LogP contribution >= 0.6 is 0 Å². The third-order valence-corrected chi connectivity index (χ3v) is 5.05. The number of piperidine rings is 1. The summed E-state index contributed by atoms with van der Waals surface area (Å²) in [4.78, 5) is 37.0. The highest BCUT2D eigenvalue weighted by Crippen LogP contribution is 2.36. The van der Waals surface area contributed by atoms with Crippen LogP contribution < -0.4 is 21.7 Å². The quantitative estimate of drug-likeness (QED) is 0.562. The SMILES string of the molecule is NC(=O)C1(NC(=O)C2(NC(=O)Cc3ccccc3)CCNCC2)CC1. The van der Waals surface area contributed by atoms with Gasteiger partial charge in [-0.25, -0.2) is 0 Å². The van der Waals surface area contributed by atoms with Crippen LogP contribution in [0, 0.1) is 0 Å². The van der Waals surface area contributed by atoms with Crippen LogP contribution in [0.15, 0.2) is 30.3 Å². The molecule has 7 nitrogen and oxygen atoms in total. The minimum atomic E-state index is -0.998. The zero-order chi connectivity index (χ0) is 17.9. The van der Waals surface area contributed by atoms with Crippen molar-refractivity contribution in [1.29, 1.82) is 0 Å². The largest absolute Gasteiger partial charge is 0.368 e. The average molecular weight is 344 g/mol. The van der Waals surface area contributed by atoms with Crippen molar-refractivity contribution in [2.24, 2.45) is 5.73 Å². The highest BCUT2D eigenvalue weighted by molar-refractivity contribution is 5.98. The molecular formula is C18H24N4O3. The van der Waals surface area contributed by atoms with Gasteiger partial charge in [-0.15, -0.1) is 0 Å².